The van der Waals surface area contributed by atoms with Crippen LogP contribution in [0.2, 0.25) is 0 Å². The zero-order valence-corrected chi connectivity index (χ0v) is 15.5. The highest BCUT2D eigenvalue weighted by Crippen LogP contribution is 2.34. The number of nitrogens with zero attached hydrogens (tertiary/aromatic N) is 1. The zero-order valence-electron chi connectivity index (χ0n) is 15.5. The van der Waals surface area contributed by atoms with E-state index in [4.69, 9.17) is 5.26 Å². The lowest BCUT2D eigenvalue weighted by atomic mass is 9.78. The van der Waals surface area contributed by atoms with Crippen molar-refractivity contribution in [2.75, 3.05) is 0 Å². The van der Waals surface area contributed by atoms with Crippen LogP contribution in [0, 0.1) is 34.8 Å². The van der Waals surface area contributed by atoms with Crippen molar-refractivity contribution in [2.45, 2.75) is 64.2 Å². The molecule has 1 aliphatic rings. The number of benzene rings is 1. The minimum absolute atomic E-state index is 0.739. The Balaban J connectivity index is 1.54. The Kier molecular flexibility index (Phi) is 9.10. The van der Waals surface area contributed by atoms with Crippen LogP contribution >= 0.6 is 0 Å². The first-order chi connectivity index (χ1) is 12.7. The van der Waals surface area contributed by atoms with Gasteiger partial charge in [-0.25, -0.2) is 8.78 Å². The van der Waals surface area contributed by atoms with E-state index in [1.165, 1.54) is 63.2 Å². The number of unbranched alkanes of at least 4 members (excludes halogenated alkanes) is 1. The molecule has 0 heterocycles. The number of hydrogen-bond acceptors (Lipinski definition) is 1. The number of hydrogen-bond donors (Lipinski definition) is 0. The van der Waals surface area contributed by atoms with E-state index in [1.54, 1.807) is 12.1 Å². The lowest BCUT2D eigenvalue weighted by Gasteiger charge is -2.28. The van der Waals surface area contributed by atoms with Gasteiger partial charge >= 0.3 is 0 Å². The van der Waals surface area contributed by atoms with E-state index >= 15 is 0 Å². The van der Waals surface area contributed by atoms with Gasteiger partial charge in [-0.3, -0.25) is 0 Å². The summed E-state index contributed by atoms with van der Waals surface area (Å²) in [6, 6.07) is 6.22. The van der Waals surface area contributed by atoms with E-state index in [2.05, 4.69) is 6.08 Å². The van der Waals surface area contributed by atoms with Crippen LogP contribution in [-0.4, -0.2) is 0 Å². The third-order valence-corrected chi connectivity index (χ3v) is 5.44. The lowest BCUT2D eigenvalue weighted by molar-refractivity contribution is 0.250. The topological polar surface area (TPSA) is 23.8 Å². The Morgan fingerprint density at radius 3 is 2.38 bits per heavy atom. The molecule has 140 valence electrons. The molecule has 1 fully saturated rings. The predicted octanol–water partition coefficient (Wildman–Crippen LogP) is 6.90. The Morgan fingerprint density at radius 1 is 0.962 bits per heavy atom. The molecule has 0 unspecified atom stereocenters. The second kappa shape index (κ2) is 11.6. The summed E-state index contributed by atoms with van der Waals surface area (Å²) in [5.41, 5.74) is 0.894. The van der Waals surface area contributed by atoms with Crippen LogP contribution in [0.5, 0.6) is 0 Å². The fourth-order valence-corrected chi connectivity index (χ4v) is 3.87. The van der Waals surface area contributed by atoms with E-state index in [-0.39, 0.29) is 0 Å². The third kappa shape index (κ3) is 7.52. The van der Waals surface area contributed by atoms with Gasteiger partial charge in [0.25, 0.3) is 0 Å². The van der Waals surface area contributed by atoms with Crippen LogP contribution in [0.1, 0.15) is 63.4 Å². The van der Waals surface area contributed by atoms with Gasteiger partial charge in [-0.2, -0.15) is 5.26 Å². The number of allylic oxidation sites excluding steroid dienone is 4. The van der Waals surface area contributed by atoms with Gasteiger partial charge in [-0.15, -0.1) is 0 Å². The first kappa shape index (κ1) is 20.4. The maximum Gasteiger partial charge on any atom is 0.159 e. The highest BCUT2D eigenvalue weighted by molar-refractivity contribution is 5.17. The number of aryl methyl sites for hydroxylation is 1. The third-order valence-electron chi connectivity index (χ3n) is 5.44. The Labute approximate surface area is 156 Å². The molecule has 0 bridgehead atoms. The molecular formula is C23H29F2N. The van der Waals surface area contributed by atoms with E-state index in [1.807, 2.05) is 12.1 Å². The van der Waals surface area contributed by atoms with Crippen molar-refractivity contribution in [3.8, 4) is 6.07 Å². The quantitative estimate of drug-likeness (QED) is 0.268. The molecule has 1 aromatic carbocycles. The van der Waals surface area contributed by atoms with Crippen LogP contribution in [-0.2, 0) is 6.42 Å². The first-order valence-corrected chi connectivity index (χ1v) is 9.84. The molecule has 1 aromatic rings. The Bertz CT molecular complexity index is 634. The average molecular weight is 357 g/mol. The van der Waals surface area contributed by atoms with Gasteiger partial charge in [-0.1, -0.05) is 62.8 Å². The molecule has 26 heavy (non-hydrogen) atoms. The van der Waals surface area contributed by atoms with Gasteiger partial charge in [0, 0.05) is 6.08 Å². The SMILES string of the molecule is N#CC=CC=CCCC1CCC(CCCCc2ccc(F)c(F)c2)CC1. The maximum absolute atomic E-state index is 13.2. The van der Waals surface area contributed by atoms with Gasteiger partial charge in [0.1, 0.15) is 0 Å². The fourth-order valence-electron chi connectivity index (χ4n) is 3.87. The average Bonchev–Trinajstić information content (AvgIpc) is 2.65. The van der Waals surface area contributed by atoms with Crippen molar-refractivity contribution in [1.29, 1.82) is 5.26 Å². The molecule has 0 aliphatic heterocycles. The summed E-state index contributed by atoms with van der Waals surface area (Å²) in [5.74, 6) is 0.180. The van der Waals surface area contributed by atoms with Crippen molar-refractivity contribution in [3.63, 3.8) is 0 Å². The lowest BCUT2D eigenvalue weighted by Crippen LogP contribution is -2.14. The Morgan fingerprint density at radius 2 is 1.69 bits per heavy atom. The molecule has 1 saturated carbocycles. The predicted molar refractivity (Wildman–Crippen MR) is 102 cm³/mol. The summed E-state index contributed by atoms with van der Waals surface area (Å²) in [6.07, 6.45) is 19.4. The van der Waals surface area contributed by atoms with Gasteiger partial charge < -0.3 is 0 Å². The van der Waals surface area contributed by atoms with Crippen LogP contribution < -0.4 is 0 Å². The number of halogens is 2. The second-order valence-electron chi connectivity index (χ2n) is 7.37. The molecule has 0 spiro atoms. The van der Waals surface area contributed by atoms with E-state index < -0.39 is 11.6 Å². The van der Waals surface area contributed by atoms with Crippen molar-refractivity contribution in [3.05, 3.63) is 59.7 Å². The maximum atomic E-state index is 13.2. The fraction of sp³-hybridized carbons (Fsp3) is 0.522. The molecule has 0 atom stereocenters. The Hall–Kier alpha value is -1.95. The molecular weight excluding hydrogens is 328 g/mol. The summed E-state index contributed by atoms with van der Waals surface area (Å²) in [6.45, 7) is 0. The molecule has 2 rings (SSSR count). The molecule has 3 heteroatoms. The highest BCUT2D eigenvalue weighted by atomic mass is 19.2. The van der Waals surface area contributed by atoms with E-state index in [0.29, 0.717) is 0 Å². The molecule has 0 saturated heterocycles. The smallest absolute Gasteiger partial charge is 0.159 e. The van der Waals surface area contributed by atoms with E-state index in [0.717, 1.165) is 36.7 Å². The second-order valence-corrected chi connectivity index (χ2v) is 7.37. The largest absolute Gasteiger partial charge is 0.204 e. The molecule has 0 aromatic heterocycles. The summed E-state index contributed by atoms with van der Waals surface area (Å²) in [5, 5.41) is 8.41. The summed E-state index contributed by atoms with van der Waals surface area (Å²) < 4.78 is 26.1. The van der Waals surface area contributed by atoms with Gasteiger partial charge in [-0.05, 0) is 55.2 Å². The van der Waals surface area contributed by atoms with Crippen molar-refractivity contribution >= 4 is 0 Å². The molecule has 1 nitrogen and oxygen atoms in total. The summed E-state index contributed by atoms with van der Waals surface area (Å²) in [4.78, 5) is 0. The van der Waals surface area contributed by atoms with Gasteiger partial charge in [0.15, 0.2) is 11.6 Å². The van der Waals surface area contributed by atoms with Crippen molar-refractivity contribution in [2.24, 2.45) is 11.8 Å². The minimum atomic E-state index is -0.764. The molecule has 0 amide bonds. The first-order valence-electron chi connectivity index (χ1n) is 9.84. The van der Waals surface area contributed by atoms with Gasteiger partial charge in [0.2, 0.25) is 0 Å². The van der Waals surface area contributed by atoms with Crippen LogP contribution in [0.25, 0.3) is 0 Å². The number of rotatable bonds is 9. The van der Waals surface area contributed by atoms with Crippen LogP contribution in [0.4, 0.5) is 8.78 Å². The van der Waals surface area contributed by atoms with Crippen LogP contribution in [0.15, 0.2) is 42.5 Å². The monoisotopic (exact) mass is 357 g/mol. The minimum Gasteiger partial charge on any atom is -0.204 e. The number of nitriles is 1. The molecule has 1 aliphatic carbocycles. The standard InChI is InChI=1S/C23H29F2N/c24-22-16-15-21(18-23(22)25)10-6-5-9-20-13-11-19(12-14-20)8-4-2-1-3-7-17-26/h1-3,7,15-16,18-20H,4-6,8-14H2. The summed E-state index contributed by atoms with van der Waals surface area (Å²) >= 11 is 0. The molecule has 0 N–H and O–H groups in total. The highest BCUT2D eigenvalue weighted by Gasteiger charge is 2.20. The summed E-state index contributed by atoms with van der Waals surface area (Å²) in [7, 11) is 0. The van der Waals surface area contributed by atoms with Crippen molar-refractivity contribution < 1.29 is 8.78 Å². The van der Waals surface area contributed by atoms with Crippen LogP contribution in [0.3, 0.4) is 0 Å². The zero-order chi connectivity index (χ0) is 18.6. The van der Waals surface area contributed by atoms with E-state index in [9.17, 15) is 8.78 Å². The molecule has 0 radical (unpaired) electrons. The normalized spacial score (nSPS) is 20.7. The van der Waals surface area contributed by atoms with Gasteiger partial charge in [0.05, 0.1) is 6.07 Å². The van der Waals surface area contributed by atoms with Crippen molar-refractivity contribution in [1.82, 2.24) is 0 Å².